The number of alkyl halides is 3. The van der Waals surface area contributed by atoms with Crippen LogP contribution in [0.25, 0.3) is 0 Å². The lowest BCUT2D eigenvalue weighted by Crippen LogP contribution is -2.10. The first-order chi connectivity index (χ1) is 8.18. The third kappa shape index (κ3) is 2.47. The largest absolute Gasteiger partial charge is 0.490 e. The molecule has 98 valence electrons. The lowest BCUT2D eigenvalue weighted by atomic mass is 10.1. The summed E-state index contributed by atoms with van der Waals surface area (Å²) < 4.78 is 42.1. The molecule has 0 aliphatic rings. The third-order valence-electron chi connectivity index (χ3n) is 1.97. The van der Waals surface area contributed by atoms with Crippen molar-refractivity contribution in [3.05, 3.63) is 37.9 Å². The molecule has 0 atom stereocenters. The van der Waals surface area contributed by atoms with Crippen LogP contribution < -0.4 is 4.74 Å². The molecule has 0 saturated heterocycles. The van der Waals surface area contributed by atoms with Crippen molar-refractivity contribution in [1.29, 1.82) is 0 Å². The average molecular weight is 266 g/mol. The molecule has 1 aromatic carbocycles. The maximum absolute atomic E-state index is 12.6. The zero-order valence-corrected chi connectivity index (χ0v) is 8.72. The van der Waals surface area contributed by atoms with Gasteiger partial charge in [0, 0.05) is 6.07 Å². The molecule has 0 bridgehead atoms. The summed E-state index contributed by atoms with van der Waals surface area (Å²) in [5.74, 6) is -1.06. The van der Waals surface area contributed by atoms with E-state index < -0.39 is 38.7 Å². The Bertz CT molecular complexity index is 514. The van der Waals surface area contributed by atoms with Crippen LogP contribution >= 0.6 is 0 Å². The van der Waals surface area contributed by atoms with E-state index in [1.54, 1.807) is 0 Å². The van der Waals surface area contributed by atoms with Gasteiger partial charge in [-0.2, -0.15) is 13.2 Å². The fraction of sp³-hybridized carbons (Fsp3) is 0.250. The second-order valence-electron chi connectivity index (χ2n) is 3.06. The smallest absolute Gasteiger partial charge is 0.420 e. The molecule has 0 aliphatic heterocycles. The lowest BCUT2D eigenvalue weighted by molar-refractivity contribution is -0.395. The Labute approximate surface area is 97.1 Å². The average Bonchev–Trinajstić information content (AvgIpc) is 2.25. The van der Waals surface area contributed by atoms with Gasteiger partial charge in [-0.1, -0.05) is 0 Å². The van der Waals surface area contributed by atoms with Gasteiger partial charge in [-0.3, -0.25) is 20.2 Å². The summed E-state index contributed by atoms with van der Waals surface area (Å²) in [5, 5.41) is 21.0. The number of hydrogen-bond donors (Lipinski definition) is 0. The highest BCUT2D eigenvalue weighted by atomic mass is 19.4. The van der Waals surface area contributed by atoms with Crippen molar-refractivity contribution in [3.8, 4) is 5.75 Å². The quantitative estimate of drug-likeness (QED) is 0.618. The Balaban J connectivity index is 3.67. The summed E-state index contributed by atoms with van der Waals surface area (Å²) >= 11 is 0. The van der Waals surface area contributed by atoms with Gasteiger partial charge in [-0.15, -0.1) is 0 Å². The van der Waals surface area contributed by atoms with Crippen LogP contribution in [0, 0.1) is 20.2 Å². The number of nitro benzene ring substituents is 2. The number of nitro groups is 2. The number of halogens is 3. The molecule has 0 heterocycles. The van der Waals surface area contributed by atoms with Crippen LogP contribution in [0.3, 0.4) is 0 Å². The second kappa shape index (κ2) is 4.47. The van der Waals surface area contributed by atoms with Gasteiger partial charge in [0.1, 0.15) is 5.56 Å². The van der Waals surface area contributed by atoms with E-state index in [-0.39, 0.29) is 6.07 Å². The predicted molar refractivity (Wildman–Crippen MR) is 51.3 cm³/mol. The van der Waals surface area contributed by atoms with E-state index in [1.165, 1.54) is 0 Å². The van der Waals surface area contributed by atoms with Crippen LogP contribution in [0.4, 0.5) is 24.5 Å². The van der Waals surface area contributed by atoms with Crippen molar-refractivity contribution < 1.29 is 27.8 Å². The molecule has 10 heteroatoms. The summed E-state index contributed by atoms with van der Waals surface area (Å²) in [6, 6.07) is 0.597. The zero-order valence-electron chi connectivity index (χ0n) is 8.72. The minimum absolute atomic E-state index is 0.186. The molecule has 0 amide bonds. The Morgan fingerprint density at radius 1 is 1.17 bits per heavy atom. The van der Waals surface area contributed by atoms with E-state index >= 15 is 0 Å². The summed E-state index contributed by atoms with van der Waals surface area (Å²) in [5.41, 5.74) is -3.71. The Morgan fingerprint density at radius 2 is 1.72 bits per heavy atom. The van der Waals surface area contributed by atoms with Gasteiger partial charge in [-0.25, -0.2) is 0 Å². The molecule has 0 unspecified atom stereocenters. The van der Waals surface area contributed by atoms with Crippen LogP contribution in [0.15, 0.2) is 12.1 Å². The molecule has 0 saturated carbocycles. The highest BCUT2D eigenvalue weighted by Gasteiger charge is 2.40. The highest BCUT2D eigenvalue weighted by molar-refractivity contribution is 5.59. The standard InChI is InChI=1S/C8H5F3N2O5/c1-18-7-5(8(9,10)11)2-4(12(14)15)3-6(7)13(16)17/h2-3H,1H3. The van der Waals surface area contributed by atoms with Gasteiger partial charge in [0.05, 0.1) is 23.0 Å². The molecule has 18 heavy (non-hydrogen) atoms. The number of hydrogen-bond acceptors (Lipinski definition) is 5. The third-order valence-corrected chi connectivity index (χ3v) is 1.97. The van der Waals surface area contributed by atoms with Crippen LogP contribution in [0.5, 0.6) is 5.75 Å². The van der Waals surface area contributed by atoms with Crippen molar-refractivity contribution in [2.45, 2.75) is 6.18 Å². The van der Waals surface area contributed by atoms with Crippen LogP contribution in [-0.4, -0.2) is 17.0 Å². The predicted octanol–water partition coefficient (Wildman–Crippen LogP) is 2.53. The van der Waals surface area contributed by atoms with Gasteiger partial charge in [0.2, 0.25) is 5.75 Å². The van der Waals surface area contributed by atoms with Gasteiger partial charge >= 0.3 is 11.9 Å². The number of nitrogens with zero attached hydrogens (tertiary/aromatic N) is 2. The van der Waals surface area contributed by atoms with Gasteiger partial charge in [0.25, 0.3) is 5.69 Å². The van der Waals surface area contributed by atoms with E-state index in [4.69, 9.17) is 0 Å². The molecule has 1 rings (SSSR count). The summed E-state index contributed by atoms with van der Waals surface area (Å²) in [6.07, 6.45) is -5.00. The number of rotatable bonds is 3. The van der Waals surface area contributed by atoms with E-state index in [0.717, 1.165) is 7.11 Å². The number of benzene rings is 1. The van der Waals surface area contributed by atoms with E-state index in [0.29, 0.717) is 6.07 Å². The van der Waals surface area contributed by atoms with Crippen LogP contribution in [-0.2, 0) is 6.18 Å². The minimum atomic E-state index is -5.00. The van der Waals surface area contributed by atoms with Gasteiger partial charge < -0.3 is 4.74 Å². The fourth-order valence-corrected chi connectivity index (χ4v) is 1.26. The molecule has 0 radical (unpaired) electrons. The topological polar surface area (TPSA) is 95.5 Å². The Hall–Kier alpha value is -2.39. The molecular weight excluding hydrogens is 261 g/mol. The van der Waals surface area contributed by atoms with E-state index in [2.05, 4.69) is 4.74 Å². The molecule has 7 nitrogen and oxygen atoms in total. The molecular formula is C8H5F3N2O5. The van der Waals surface area contributed by atoms with Gasteiger partial charge in [0.15, 0.2) is 0 Å². The first-order valence-electron chi connectivity index (χ1n) is 4.26. The summed E-state index contributed by atoms with van der Waals surface area (Å²) in [7, 11) is 0.809. The van der Waals surface area contributed by atoms with Crippen molar-refractivity contribution in [2.24, 2.45) is 0 Å². The summed E-state index contributed by atoms with van der Waals surface area (Å²) in [6.45, 7) is 0. The Kier molecular flexibility index (Phi) is 3.39. The maximum atomic E-state index is 12.6. The molecule has 0 N–H and O–H groups in total. The monoisotopic (exact) mass is 266 g/mol. The minimum Gasteiger partial charge on any atom is -0.490 e. The van der Waals surface area contributed by atoms with E-state index in [9.17, 15) is 33.4 Å². The van der Waals surface area contributed by atoms with Gasteiger partial charge in [-0.05, 0) is 0 Å². The first-order valence-corrected chi connectivity index (χ1v) is 4.26. The molecule has 0 fully saturated rings. The highest BCUT2D eigenvalue weighted by Crippen LogP contribution is 2.43. The molecule has 1 aromatic rings. The lowest BCUT2D eigenvalue weighted by Gasteiger charge is -2.11. The fourth-order valence-electron chi connectivity index (χ4n) is 1.26. The maximum Gasteiger partial charge on any atom is 0.420 e. The SMILES string of the molecule is COc1c([N+](=O)[O-])cc([N+](=O)[O-])cc1C(F)(F)F. The first kappa shape index (κ1) is 13.7. The second-order valence-corrected chi connectivity index (χ2v) is 3.06. The number of ether oxygens (including phenoxy) is 1. The molecule has 0 spiro atoms. The number of methoxy groups -OCH3 is 1. The van der Waals surface area contributed by atoms with Crippen molar-refractivity contribution in [2.75, 3.05) is 7.11 Å². The van der Waals surface area contributed by atoms with Crippen molar-refractivity contribution in [1.82, 2.24) is 0 Å². The Morgan fingerprint density at radius 3 is 2.06 bits per heavy atom. The normalized spacial score (nSPS) is 11.1. The number of non-ortho nitro benzene ring substituents is 1. The zero-order chi connectivity index (χ0) is 14.1. The molecule has 0 aromatic heterocycles. The summed E-state index contributed by atoms with van der Waals surface area (Å²) in [4.78, 5) is 18.7. The van der Waals surface area contributed by atoms with Crippen LogP contribution in [0.1, 0.15) is 5.56 Å². The van der Waals surface area contributed by atoms with Crippen LogP contribution in [0.2, 0.25) is 0 Å². The van der Waals surface area contributed by atoms with Crippen molar-refractivity contribution in [3.63, 3.8) is 0 Å². The van der Waals surface area contributed by atoms with E-state index in [1.807, 2.05) is 0 Å². The van der Waals surface area contributed by atoms with Crippen molar-refractivity contribution >= 4 is 11.4 Å². The molecule has 0 aliphatic carbocycles.